The molecule has 1 aliphatic heterocycles. The van der Waals surface area contributed by atoms with E-state index in [1.807, 2.05) is 38.1 Å². The summed E-state index contributed by atoms with van der Waals surface area (Å²) in [7, 11) is 0. The first-order valence-corrected chi connectivity index (χ1v) is 12.3. The molecule has 0 radical (unpaired) electrons. The molecule has 0 spiro atoms. The lowest BCUT2D eigenvalue weighted by Gasteiger charge is -2.24. The number of rotatable bonds is 5. The molecule has 8 heteroatoms. The topological polar surface area (TPSA) is 92.6 Å². The highest BCUT2D eigenvalue weighted by molar-refractivity contribution is 7.15. The number of hydrogen-bond donors (Lipinski definition) is 1. The number of aliphatic hydroxyl groups excluding tert-OH is 1. The number of amides is 1. The molecule has 1 saturated heterocycles. The third kappa shape index (κ3) is 4.84. The maximum Gasteiger partial charge on any atom is 0.301 e. The van der Waals surface area contributed by atoms with Crippen molar-refractivity contribution in [3.05, 3.63) is 75.8 Å². The van der Waals surface area contributed by atoms with E-state index in [4.69, 9.17) is 4.74 Å². The van der Waals surface area contributed by atoms with Crippen LogP contribution in [0.1, 0.15) is 62.4 Å². The molecule has 35 heavy (non-hydrogen) atoms. The van der Waals surface area contributed by atoms with E-state index in [1.54, 1.807) is 31.2 Å². The number of aryl methyl sites for hydroxylation is 1. The van der Waals surface area contributed by atoms with E-state index < -0.39 is 17.7 Å². The fourth-order valence-corrected chi connectivity index (χ4v) is 4.73. The molecule has 2 heterocycles. The Labute approximate surface area is 209 Å². The summed E-state index contributed by atoms with van der Waals surface area (Å²) in [6.45, 7) is 12.0. The summed E-state index contributed by atoms with van der Waals surface area (Å²) in [5, 5.41) is 20.4. The van der Waals surface area contributed by atoms with Crippen LogP contribution in [-0.2, 0) is 15.0 Å². The number of benzene rings is 2. The van der Waals surface area contributed by atoms with Crippen LogP contribution in [0.2, 0.25) is 0 Å². The summed E-state index contributed by atoms with van der Waals surface area (Å²) in [6.07, 6.45) is 0.00574. The normalized spacial score (nSPS) is 17.9. The minimum absolute atomic E-state index is 0.00574. The lowest BCUT2D eigenvalue weighted by molar-refractivity contribution is -0.132. The molecule has 1 fully saturated rings. The zero-order valence-corrected chi connectivity index (χ0v) is 21.5. The third-order valence-electron chi connectivity index (χ3n) is 5.76. The summed E-state index contributed by atoms with van der Waals surface area (Å²) < 4.78 is 5.68. The number of Topliss-reactive ketones (excluding diaryl/α,β-unsaturated/α-hetero) is 1. The Bertz CT molecular complexity index is 1290. The number of nitrogens with zero attached hydrogens (tertiary/aromatic N) is 3. The first-order chi connectivity index (χ1) is 16.5. The second-order valence-electron chi connectivity index (χ2n) is 9.84. The SMILES string of the molecule is Cc1nnc(N2C(=O)C(=O)/C(=C(\O)c3ccc(OC(C)C)cc3)C2c2ccc(C(C)(C)C)cc2)s1. The van der Waals surface area contributed by atoms with Gasteiger partial charge in [0, 0.05) is 5.56 Å². The van der Waals surface area contributed by atoms with Crippen LogP contribution in [0.15, 0.2) is 54.1 Å². The van der Waals surface area contributed by atoms with Crippen LogP contribution in [0.25, 0.3) is 5.76 Å². The van der Waals surface area contributed by atoms with Crippen LogP contribution in [0, 0.1) is 6.92 Å². The molecule has 1 aromatic heterocycles. The second-order valence-corrected chi connectivity index (χ2v) is 11.0. The highest BCUT2D eigenvalue weighted by atomic mass is 32.1. The van der Waals surface area contributed by atoms with Crippen LogP contribution in [-0.4, -0.2) is 33.1 Å². The summed E-state index contributed by atoms with van der Waals surface area (Å²) in [6, 6.07) is 13.7. The van der Waals surface area contributed by atoms with Gasteiger partial charge >= 0.3 is 5.91 Å². The summed E-state index contributed by atoms with van der Waals surface area (Å²) in [4.78, 5) is 27.8. The van der Waals surface area contributed by atoms with Crippen molar-refractivity contribution < 1.29 is 19.4 Å². The molecule has 1 aliphatic rings. The first-order valence-electron chi connectivity index (χ1n) is 11.5. The molecule has 2 aromatic carbocycles. The van der Waals surface area contributed by atoms with Gasteiger partial charge in [0.2, 0.25) is 5.13 Å². The summed E-state index contributed by atoms with van der Waals surface area (Å²) >= 11 is 1.22. The number of anilines is 1. The Morgan fingerprint density at radius 3 is 2.17 bits per heavy atom. The number of aliphatic hydroxyl groups is 1. The Morgan fingerprint density at radius 1 is 1.03 bits per heavy atom. The van der Waals surface area contributed by atoms with Gasteiger partial charge in [-0.05, 0) is 61.6 Å². The lowest BCUT2D eigenvalue weighted by Crippen LogP contribution is -2.29. The van der Waals surface area contributed by atoms with Crippen molar-refractivity contribution in [2.24, 2.45) is 0 Å². The maximum atomic E-state index is 13.3. The number of ether oxygens (including phenoxy) is 1. The van der Waals surface area contributed by atoms with Crippen molar-refractivity contribution in [3.8, 4) is 5.75 Å². The van der Waals surface area contributed by atoms with E-state index in [0.717, 1.165) is 5.56 Å². The first kappa shape index (κ1) is 24.6. The quantitative estimate of drug-likeness (QED) is 0.285. The van der Waals surface area contributed by atoms with Gasteiger partial charge in [0.15, 0.2) is 0 Å². The van der Waals surface area contributed by atoms with Crippen molar-refractivity contribution in [2.45, 2.75) is 59.1 Å². The molecule has 3 aromatic rings. The van der Waals surface area contributed by atoms with Gasteiger partial charge < -0.3 is 9.84 Å². The summed E-state index contributed by atoms with van der Waals surface area (Å²) in [5.41, 5.74) is 2.20. The molecule has 1 atom stereocenters. The lowest BCUT2D eigenvalue weighted by atomic mass is 9.85. The van der Waals surface area contributed by atoms with Gasteiger partial charge in [-0.15, -0.1) is 10.2 Å². The monoisotopic (exact) mass is 491 g/mol. The number of ketones is 1. The van der Waals surface area contributed by atoms with E-state index in [0.29, 0.717) is 27.0 Å². The number of aromatic nitrogens is 2. The van der Waals surface area contributed by atoms with Crippen molar-refractivity contribution in [3.63, 3.8) is 0 Å². The predicted molar refractivity (Wildman–Crippen MR) is 137 cm³/mol. The standard InChI is InChI=1S/C27H29N3O4S/c1-15(2)34-20-13-9-18(10-14-20)23(31)21-22(17-7-11-19(12-8-17)27(4,5)6)30(25(33)24(21)32)26-29-28-16(3)35-26/h7-15,22,31H,1-6H3/b23-21-. The highest BCUT2D eigenvalue weighted by Gasteiger charge is 2.48. The van der Waals surface area contributed by atoms with Crippen LogP contribution >= 0.6 is 11.3 Å². The fourth-order valence-electron chi connectivity index (χ4n) is 4.01. The van der Waals surface area contributed by atoms with Crippen molar-refractivity contribution in [2.75, 3.05) is 4.90 Å². The van der Waals surface area contributed by atoms with E-state index in [1.165, 1.54) is 16.2 Å². The Hall–Kier alpha value is -3.52. The maximum absolute atomic E-state index is 13.3. The van der Waals surface area contributed by atoms with Crippen LogP contribution in [0.5, 0.6) is 5.75 Å². The van der Waals surface area contributed by atoms with E-state index in [-0.39, 0.29) is 22.9 Å². The Balaban J connectivity index is 1.85. The van der Waals surface area contributed by atoms with Crippen molar-refractivity contribution in [1.82, 2.24) is 10.2 Å². The van der Waals surface area contributed by atoms with Gasteiger partial charge in [-0.2, -0.15) is 0 Å². The van der Waals surface area contributed by atoms with Crippen LogP contribution < -0.4 is 9.64 Å². The zero-order chi connectivity index (χ0) is 25.5. The highest BCUT2D eigenvalue weighted by Crippen LogP contribution is 2.43. The molecular formula is C27H29N3O4S. The van der Waals surface area contributed by atoms with Gasteiger partial charge in [0.25, 0.3) is 5.78 Å². The van der Waals surface area contributed by atoms with Gasteiger partial charge in [-0.3, -0.25) is 14.5 Å². The van der Waals surface area contributed by atoms with Crippen molar-refractivity contribution >= 4 is 33.9 Å². The fraction of sp³-hybridized carbons (Fsp3) is 0.333. The molecule has 182 valence electrons. The van der Waals surface area contributed by atoms with Gasteiger partial charge in [0.1, 0.15) is 16.5 Å². The van der Waals surface area contributed by atoms with Gasteiger partial charge in [0.05, 0.1) is 17.7 Å². The average Bonchev–Trinajstić information content (AvgIpc) is 3.33. The molecule has 0 saturated carbocycles. The van der Waals surface area contributed by atoms with E-state index in [2.05, 4.69) is 31.0 Å². The third-order valence-corrected chi connectivity index (χ3v) is 6.60. The van der Waals surface area contributed by atoms with Crippen LogP contribution in [0.4, 0.5) is 5.13 Å². The number of carbonyl (C=O) groups is 2. The van der Waals surface area contributed by atoms with Gasteiger partial charge in [-0.25, -0.2) is 0 Å². The predicted octanol–water partition coefficient (Wildman–Crippen LogP) is 5.56. The molecule has 7 nitrogen and oxygen atoms in total. The molecule has 0 aliphatic carbocycles. The minimum atomic E-state index is -0.831. The Morgan fingerprint density at radius 2 is 1.66 bits per heavy atom. The Kier molecular flexibility index (Phi) is 6.51. The van der Waals surface area contributed by atoms with E-state index in [9.17, 15) is 14.7 Å². The molecule has 0 bridgehead atoms. The minimum Gasteiger partial charge on any atom is -0.507 e. The van der Waals surface area contributed by atoms with Crippen LogP contribution in [0.3, 0.4) is 0 Å². The van der Waals surface area contributed by atoms with E-state index >= 15 is 0 Å². The zero-order valence-electron chi connectivity index (χ0n) is 20.7. The summed E-state index contributed by atoms with van der Waals surface area (Å²) in [5.74, 6) is -1.10. The average molecular weight is 492 g/mol. The smallest absolute Gasteiger partial charge is 0.301 e. The molecule has 1 N–H and O–H groups in total. The molecule has 1 unspecified atom stereocenters. The molecular weight excluding hydrogens is 462 g/mol. The molecule has 1 amide bonds. The number of carbonyl (C=O) groups excluding carboxylic acids is 2. The van der Waals surface area contributed by atoms with Crippen molar-refractivity contribution in [1.29, 1.82) is 0 Å². The molecule has 4 rings (SSSR count). The van der Waals surface area contributed by atoms with Gasteiger partial charge in [-0.1, -0.05) is 56.4 Å². The largest absolute Gasteiger partial charge is 0.507 e. The number of hydrogen-bond acceptors (Lipinski definition) is 7. The second kappa shape index (κ2) is 9.26.